The Labute approximate surface area is 146 Å². The van der Waals surface area contributed by atoms with Gasteiger partial charge in [0.05, 0.1) is 22.8 Å². The normalized spacial score (nSPS) is 17.2. The topological polar surface area (TPSA) is 105 Å². The first-order valence-corrected chi connectivity index (χ1v) is 8.39. The van der Waals surface area contributed by atoms with E-state index in [-0.39, 0.29) is 9.81 Å². The molecule has 0 atom stereocenters. The number of anilines is 2. The molecule has 8 nitrogen and oxygen atoms in total. The van der Waals surface area contributed by atoms with Crippen molar-refractivity contribution in [3.8, 4) is 0 Å². The van der Waals surface area contributed by atoms with E-state index in [1.165, 1.54) is 0 Å². The second-order valence-electron chi connectivity index (χ2n) is 5.03. The highest BCUT2D eigenvalue weighted by Crippen LogP contribution is 2.37. The van der Waals surface area contributed by atoms with E-state index in [0.29, 0.717) is 11.4 Å². The Morgan fingerprint density at radius 2 is 1.17 bits per heavy atom. The number of carboxylic acid groups (broad SMARTS) is 2. The Balaban J connectivity index is 1.70. The molecule has 2 aliphatic heterocycles. The molecule has 2 aliphatic rings. The third-order valence-corrected chi connectivity index (χ3v) is 5.59. The fraction of sp³-hybridized carbons (Fsp3) is 0.143. The van der Waals surface area contributed by atoms with Crippen LogP contribution < -0.4 is 19.7 Å². The first-order valence-electron chi connectivity index (χ1n) is 6.84. The van der Waals surface area contributed by atoms with E-state index in [0.717, 1.165) is 35.3 Å². The molecule has 0 saturated carbocycles. The molecule has 0 aromatic heterocycles. The maximum absolute atomic E-state index is 11.1. The highest BCUT2D eigenvalue weighted by atomic mass is 32.2. The minimum atomic E-state index is -0.968. The number of carbonyl (C=O) groups is 2. The number of carboxylic acids is 2. The summed E-state index contributed by atoms with van der Waals surface area (Å²) in [4.78, 5) is 22.7. The van der Waals surface area contributed by atoms with E-state index in [9.17, 15) is 9.59 Å². The van der Waals surface area contributed by atoms with Crippen molar-refractivity contribution in [1.82, 2.24) is 10.9 Å². The quantitative estimate of drug-likeness (QED) is 0.593. The molecule has 0 unspecified atom stereocenters. The lowest BCUT2D eigenvalue weighted by molar-refractivity contribution is -0.132. The van der Waals surface area contributed by atoms with Gasteiger partial charge in [0, 0.05) is 23.9 Å². The predicted octanol–water partition coefficient (Wildman–Crippen LogP) is 2.26. The summed E-state index contributed by atoms with van der Waals surface area (Å²) in [6.45, 7) is 3.41. The van der Waals surface area contributed by atoms with Crippen LogP contribution in [0, 0.1) is 0 Å². The van der Waals surface area contributed by atoms with Crippen molar-refractivity contribution in [1.29, 1.82) is 0 Å². The van der Waals surface area contributed by atoms with Gasteiger partial charge in [-0.25, -0.2) is 18.4 Å². The van der Waals surface area contributed by atoms with Gasteiger partial charge in [0.2, 0.25) is 0 Å². The molecule has 126 valence electrons. The number of hydrazine groups is 2. The smallest absolute Gasteiger partial charge is 0.345 e. The number of nitrogens with one attached hydrogen (secondary N) is 2. The van der Waals surface area contributed by atoms with E-state index in [1.54, 1.807) is 22.7 Å². The van der Waals surface area contributed by atoms with Crippen molar-refractivity contribution in [2.24, 2.45) is 0 Å². The second-order valence-corrected chi connectivity index (χ2v) is 6.94. The lowest BCUT2D eigenvalue weighted by Crippen LogP contribution is -2.26. The fourth-order valence-electron chi connectivity index (χ4n) is 2.13. The standard InChI is InChI=1S/C14H14N4O4S2/c1-7-11(13(19)20)23-17(15-7)9-3-5-10(6-4-9)18-16-8(2)12(24-18)14(21)22/h3-6,15-16H,1-2H3,(H,19,20)(H,21,22). The summed E-state index contributed by atoms with van der Waals surface area (Å²) in [7, 11) is 0. The first kappa shape index (κ1) is 16.4. The maximum atomic E-state index is 11.1. The van der Waals surface area contributed by atoms with Crippen molar-refractivity contribution in [3.63, 3.8) is 0 Å². The van der Waals surface area contributed by atoms with E-state index in [1.807, 2.05) is 24.3 Å². The van der Waals surface area contributed by atoms with Crippen molar-refractivity contribution in [3.05, 3.63) is 45.5 Å². The molecule has 0 amide bonds. The Morgan fingerprint density at radius 1 is 0.833 bits per heavy atom. The van der Waals surface area contributed by atoms with Crippen LogP contribution in [0.25, 0.3) is 0 Å². The summed E-state index contributed by atoms with van der Waals surface area (Å²) in [5, 5.41) is 18.2. The molecule has 0 fully saturated rings. The first-order chi connectivity index (χ1) is 11.4. The van der Waals surface area contributed by atoms with Crippen LogP contribution in [0.2, 0.25) is 0 Å². The summed E-state index contributed by atoms with van der Waals surface area (Å²) < 4.78 is 3.33. The van der Waals surface area contributed by atoms with Gasteiger partial charge in [-0.3, -0.25) is 10.9 Å². The number of hydrogen-bond donors (Lipinski definition) is 4. The SMILES string of the molecule is CC1=C(C(=O)O)SN(c2ccc(N3NC(C)=C(C(=O)O)S3)cc2)N1. The Morgan fingerprint density at radius 3 is 1.42 bits per heavy atom. The summed E-state index contributed by atoms with van der Waals surface area (Å²) in [5.74, 6) is -1.94. The molecule has 0 bridgehead atoms. The van der Waals surface area contributed by atoms with Crippen LogP contribution in [0.3, 0.4) is 0 Å². The van der Waals surface area contributed by atoms with E-state index in [2.05, 4.69) is 10.9 Å². The van der Waals surface area contributed by atoms with Crippen LogP contribution in [0.5, 0.6) is 0 Å². The summed E-state index contributed by atoms with van der Waals surface area (Å²) in [5.41, 5.74) is 8.72. The van der Waals surface area contributed by atoms with Crippen LogP contribution >= 0.6 is 23.9 Å². The van der Waals surface area contributed by atoms with Gasteiger partial charge in [-0.05, 0) is 38.1 Å². The van der Waals surface area contributed by atoms with Crippen LogP contribution in [0.4, 0.5) is 11.4 Å². The van der Waals surface area contributed by atoms with E-state index in [4.69, 9.17) is 10.2 Å². The molecular formula is C14H14N4O4S2. The van der Waals surface area contributed by atoms with E-state index >= 15 is 0 Å². The van der Waals surface area contributed by atoms with Gasteiger partial charge in [0.25, 0.3) is 0 Å². The predicted molar refractivity (Wildman–Crippen MR) is 93.5 cm³/mol. The Bertz CT molecular complexity index is 710. The van der Waals surface area contributed by atoms with Crippen LogP contribution in [-0.4, -0.2) is 22.2 Å². The molecule has 0 saturated heterocycles. The van der Waals surface area contributed by atoms with Gasteiger partial charge >= 0.3 is 11.9 Å². The molecule has 0 aliphatic carbocycles. The number of aliphatic carboxylic acids is 2. The Hall–Kier alpha value is -2.46. The van der Waals surface area contributed by atoms with Crippen LogP contribution in [0.1, 0.15) is 13.8 Å². The lowest BCUT2D eigenvalue weighted by Gasteiger charge is -2.21. The number of benzene rings is 1. The van der Waals surface area contributed by atoms with Gasteiger partial charge in [-0.2, -0.15) is 0 Å². The van der Waals surface area contributed by atoms with Crippen molar-refractivity contribution in [2.45, 2.75) is 13.8 Å². The second kappa shape index (κ2) is 6.21. The monoisotopic (exact) mass is 366 g/mol. The van der Waals surface area contributed by atoms with Gasteiger partial charge in [-0.1, -0.05) is 0 Å². The molecule has 10 heteroatoms. The highest BCUT2D eigenvalue weighted by molar-refractivity contribution is 8.05. The molecule has 0 radical (unpaired) electrons. The third kappa shape index (κ3) is 2.97. The molecule has 4 N–H and O–H groups in total. The largest absolute Gasteiger partial charge is 0.477 e. The third-order valence-electron chi connectivity index (χ3n) is 3.29. The number of rotatable bonds is 4. The number of nitrogens with zero attached hydrogens (tertiary/aromatic N) is 2. The van der Waals surface area contributed by atoms with Crippen molar-refractivity contribution in [2.75, 3.05) is 8.83 Å². The average molecular weight is 366 g/mol. The van der Waals surface area contributed by atoms with Crippen molar-refractivity contribution < 1.29 is 19.8 Å². The zero-order chi connectivity index (χ0) is 17.4. The number of hydrogen-bond acceptors (Lipinski definition) is 8. The zero-order valence-electron chi connectivity index (χ0n) is 12.7. The average Bonchev–Trinajstić information content (AvgIpc) is 3.11. The minimum absolute atomic E-state index is 0.252. The summed E-state index contributed by atoms with van der Waals surface area (Å²) >= 11 is 2.21. The molecule has 2 heterocycles. The summed E-state index contributed by atoms with van der Waals surface area (Å²) in [6, 6.07) is 7.29. The fourth-order valence-corrected chi connectivity index (χ4v) is 3.83. The van der Waals surface area contributed by atoms with Crippen LogP contribution in [-0.2, 0) is 9.59 Å². The lowest BCUT2D eigenvalue weighted by atomic mass is 10.3. The number of allylic oxidation sites excluding steroid dienone is 2. The van der Waals surface area contributed by atoms with E-state index < -0.39 is 11.9 Å². The zero-order valence-corrected chi connectivity index (χ0v) is 14.4. The molecule has 1 aromatic rings. The molecule has 0 spiro atoms. The van der Waals surface area contributed by atoms with Crippen molar-refractivity contribution >= 4 is 47.2 Å². The van der Waals surface area contributed by atoms with Crippen LogP contribution in [0.15, 0.2) is 45.5 Å². The van der Waals surface area contributed by atoms with Gasteiger partial charge in [-0.15, -0.1) is 0 Å². The highest BCUT2D eigenvalue weighted by Gasteiger charge is 2.27. The molecule has 24 heavy (non-hydrogen) atoms. The maximum Gasteiger partial charge on any atom is 0.345 e. The molecule has 3 rings (SSSR count). The molecule has 1 aromatic carbocycles. The van der Waals surface area contributed by atoms with Gasteiger partial charge < -0.3 is 10.2 Å². The minimum Gasteiger partial charge on any atom is -0.477 e. The Kier molecular flexibility index (Phi) is 4.24. The van der Waals surface area contributed by atoms with Gasteiger partial charge in [0.1, 0.15) is 9.81 Å². The van der Waals surface area contributed by atoms with Gasteiger partial charge in [0.15, 0.2) is 0 Å². The summed E-state index contributed by atoms with van der Waals surface area (Å²) in [6.07, 6.45) is 0. The molecular weight excluding hydrogens is 352 g/mol.